The zero-order chi connectivity index (χ0) is 16.1. The van der Waals surface area contributed by atoms with Gasteiger partial charge in [0.15, 0.2) is 0 Å². The van der Waals surface area contributed by atoms with Crippen molar-refractivity contribution in [2.75, 3.05) is 7.11 Å². The summed E-state index contributed by atoms with van der Waals surface area (Å²) in [5, 5.41) is 1.19. The number of pyridine rings is 2. The Kier molecular flexibility index (Phi) is 4.67. The van der Waals surface area contributed by atoms with E-state index in [0.717, 1.165) is 29.6 Å². The molecule has 0 unspecified atom stereocenters. The number of fused-ring (bicyclic) bond motifs is 1. The van der Waals surface area contributed by atoms with Crippen LogP contribution in [0.2, 0.25) is 0 Å². The van der Waals surface area contributed by atoms with E-state index >= 15 is 0 Å². The molecule has 0 amide bonds. The molecule has 0 atom stereocenters. The Morgan fingerprint density at radius 1 is 1.04 bits per heavy atom. The van der Waals surface area contributed by atoms with Crippen LogP contribution in [0.1, 0.15) is 30.2 Å². The second-order valence-corrected chi connectivity index (χ2v) is 5.48. The van der Waals surface area contributed by atoms with Gasteiger partial charge in [0.05, 0.1) is 18.3 Å². The van der Waals surface area contributed by atoms with Crippen LogP contribution >= 0.6 is 0 Å². The van der Waals surface area contributed by atoms with Gasteiger partial charge in [-0.2, -0.15) is 0 Å². The first kappa shape index (κ1) is 15.2. The summed E-state index contributed by atoms with van der Waals surface area (Å²) in [6, 6.07) is 14.5. The molecule has 23 heavy (non-hydrogen) atoms. The van der Waals surface area contributed by atoms with Gasteiger partial charge in [0.25, 0.3) is 0 Å². The molecule has 0 N–H and O–H groups in total. The summed E-state index contributed by atoms with van der Waals surface area (Å²) >= 11 is 0. The molecule has 0 aliphatic carbocycles. The van der Waals surface area contributed by atoms with Crippen LogP contribution in [0.4, 0.5) is 0 Å². The zero-order valence-corrected chi connectivity index (χ0v) is 13.5. The maximum absolute atomic E-state index is 5.13. The lowest BCUT2D eigenvalue weighted by Gasteiger charge is -2.03. The fourth-order valence-corrected chi connectivity index (χ4v) is 2.55. The van der Waals surface area contributed by atoms with Crippen LogP contribution in [0.15, 0.2) is 48.7 Å². The summed E-state index contributed by atoms with van der Waals surface area (Å²) in [5.41, 5.74) is 4.38. The van der Waals surface area contributed by atoms with Crippen molar-refractivity contribution in [1.29, 1.82) is 0 Å². The Bertz CT molecular complexity index is 840. The molecule has 0 radical (unpaired) electrons. The van der Waals surface area contributed by atoms with E-state index in [1.807, 2.05) is 30.4 Å². The molecule has 2 heterocycles. The minimum Gasteiger partial charge on any atom is -0.481 e. The van der Waals surface area contributed by atoms with Crippen LogP contribution in [0.5, 0.6) is 5.88 Å². The molecule has 2 aromatic heterocycles. The fourth-order valence-electron chi connectivity index (χ4n) is 2.55. The predicted molar refractivity (Wildman–Crippen MR) is 95.5 cm³/mol. The Balaban J connectivity index is 1.85. The fraction of sp³-hybridized carbons (Fsp3) is 0.200. The lowest BCUT2D eigenvalue weighted by molar-refractivity contribution is 0.398. The third kappa shape index (κ3) is 3.75. The van der Waals surface area contributed by atoms with Gasteiger partial charge in [0.1, 0.15) is 0 Å². The van der Waals surface area contributed by atoms with E-state index in [1.54, 1.807) is 13.3 Å². The lowest BCUT2D eigenvalue weighted by Crippen LogP contribution is -1.88. The van der Waals surface area contributed by atoms with Crippen molar-refractivity contribution in [2.24, 2.45) is 0 Å². The summed E-state index contributed by atoms with van der Waals surface area (Å²) in [6.45, 7) is 2.20. The Morgan fingerprint density at radius 3 is 2.78 bits per heavy atom. The molecule has 3 nitrogen and oxygen atoms in total. The predicted octanol–water partition coefficient (Wildman–Crippen LogP) is 4.76. The number of benzene rings is 1. The maximum atomic E-state index is 5.13. The van der Waals surface area contributed by atoms with E-state index in [1.165, 1.54) is 10.9 Å². The van der Waals surface area contributed by atoms with Gasteiger partial charge in [-0.25, -0.2) is 9.97 Å². The number of methoxy groups -OCH3 is 1. The normalized spacial score (nSPS) is 11.2. The molecule has 0 fully saturated rings. The molecule has 3 heteroatoms. The molecule has 3 rings (SSSR count). The number of aromatic nitrogens is 2. The van der Waals surface area contributed by atoms with E-state index in [9.17, 15) is 0 Å². The topological polar surface area (TPSA) is 35.0 Å². The molecule has 0 bridgehead atoms. The Labute approximate surface area is 136 Å². The average molecular weight is 304 g/mol. The summed E-state index contributed by atoms with van der Waals surface area (Å²) in [6.07, 6.45) is 8.04. The molecular weight excluding hydrogens is 284 g/mol. The average Bonchev–Trinajstić information content (AvgIpc) is 2.60. The summed E-state index contributed by atoms with van der Waals surface area (Å²) < 4.78 is 5.13. The van der Waals surface area contributed by atoms with E-state index in [0.29, 0.717) is 5.88 Å². The van der Waals surface area contributed by atoms with E-state index in [2.05, 4.69) is 36.2 Å². The molecule has 0 aliphatic heterocycles. The highest BCUT2D eigenvalue weighted by Crippen LogP contribution is 2.18. The van der Waals surface area contributed by atoms with Gasteiger partial charge in [0.2, 0.25) is 5.88 Å². The van der Waals surface area contributed by atoms with Crippen LogP contribution in [0, 0.1) is 0 Å². The quantitative estimate of drug-likeness (QED) is 0.681. The van der Waals surface area contributed by atoms with Crippen molar-refractivity contribution in [3.05, 3.63) is 65.5 Å². The van der Waals surface area contributed by atoms with Crippen molar-refractivity contribution < 1.29 is 4.74 Å². The SMILES string of the molecule is CCCc1ccc2nc(/C=C/c3ccnc(OC)c3)ccc2c1. The van der Waals surface area contributed by atoms with Crippen molar-refractivity contribution >= 4 is 23.1 Å². The Morgan fingerprint density at radius 2 is 1.96 bits per heavy atom. The number of rotatable bonds is 5. The van der Waals surface area contributed by atoms with E-state index in [4.69, 9.17) is 9.72 Å². The molecule has 0 saturated heterocycles. The van der Waals surface area contributed by atoms with Crippen LogP contribution < -0.4 is 4.74 Å². The van der Waals surface area contributed by atoms with Crippen LogP contribution in [-0.2, 0) is 6.42 Å². The number of hydrogen-bond acceptors (Lipinski definition) is 3. The zero-order valence-electron chi connectivity index (χ0n) is 13.5. The van der Waals surface area contributed by atoms with Gasteiger partial charge in [-0.1, -0.05) is 31.6 Å². The van der Waals surface area contributed by atoms with Crippen LogP contribution in [-0.4, -0.2) is 17.1 Å². The standard InChI is InChI=1S/C20H20N2O/c1-3-4-15-6-10-19-17(13-15)7-9-18(22-19)8-5-16-11-12-21-20(14-16)23-2/h5-14H,3-4H2,1-2H3/b8-5+. The third-order valence-corrected chi connectivity index (χ3v) is 3.73. The van der Waals surface area contributed by atoms with Crippen LogP contribution in [0.3, 0.4) is 0 Å². The molecule has 1 aromatic carbocycles. The summed E-state index contributed by atoms with van der Waals surface area (Å²) in [5.74, 6) is 0.613. The van der Waals surface area contributed by atoms with Crippen molar-refractivity contribution in [3.63, 3.8) is 0 Å². The summed E-state index contributed by atoms with van der Waals surface area (Å²) in [7, 11) is 1.62. The largest absolute Gasteiger partial charge is 0.481 e. The van der Waals surface area contributed by atoms with Gasteiger partial charge in [0, 0.05) is 17.6 Å². The third-order valence-electron chi connectivity index (χ3n) is 3.73. The highest BCUT2D eigenvalue weighted by molar-refractivity contribution is 5.81. The monoisotopic (exact) mass is 304 g/mol. The van der Waals surface area contributed by atoms with Gasteiger partial charge < -0.3 is 4.74 Å². The molecule has 116 valence electrons. The van der Waals surface area contributed by atoms with Crippen molar-refractivity contribution in [1.82, 2.24) is 9.97 Å². The number of aryl methyl sites for hydroxylation is 1. The van der Waals surface area contributed by atoms with Gasteiger partial charge in [-0.3, -0.25) is 0 Å². The second-order valence-electron chi connectivity index (χ2n) is 5.48. The lowest BCUT2D eigenvalue weighted by atomic mass is 10.1. The van der Waals surface area contributed by atoms with Crippen LogP contribution in [0.25, 0.3) is 23.1 Å². The van der Waals surface area contributed by atoms with E-state index < -0.39 is 0 Å². The smallest absolute Gasteiger partial charge is 0.213 e. The number of ether oxygens (including phenoxy) is 1. The van der Waals surface area contributed by atoms with Gasteiger partial charge in [-0.15, -0.1) is 0 Å². The van der Waals surface area contributed by atoms with E-state index in [-0.39, 0.29) is 0 Å². The van der Waals surface area contributed by atoms with Gasteiger partial charge in [-0.05, 0) is 47.9 Å². The number of nitrogens with zero attached hydrogens (tertiary/aromatic N) is 2. The first-order valence-electron chi connectivity index (χ1n) is 7.86. The molecule has 3 aromatic rings. The number of hydrogen-bond donors (Lipinski definition) is 0. The highest BCUT2D eigenvalue weighted by Gasteiger charge is 1.99. The minimum absolute atomic E-state index is 0.613. The summed E-state index contributed by atoms with van der Waals surface area (Å²) in [4.78, 5) is 8.81. The first-order chi connectivity index (χ1) is 11.3. The van der Waals surface area contributed by atoms with Crippen molar-refractivity contribution in [2.45, 2.75) is 19.8 Å². The Hall–Kier alpha value is -2.68. The molecular formula is C20H20N2O. The van der Waals surface area contributed by atoms with Crippen molar-refractivity contribution in [3.8, 4) is 5.88 Å². The molecule has 0 spiro atoms. The first-order valence-corrected chi connectivity index (χ1v) is 7.86. The second kappa shape index (κ2) is 7.05. The molecule has 0 saturated carbocycles. The molecule has 0 aliphatic rings. The highest BCUT2D eigenvalue weighted by atomic mass is 16.5. The maximum Gasteiger partial charge on any atom is 0.213 e. The minimum atomic E-state index is 0.613. The van der Waals surface area contributed by atoms with Gasteiger partial charge >= 0.3 is 0 Å².